The molecule has 0 radical (unpaired) electrons. The topological polar surface area (TPSA) is 62.9 Å². The van der Waals surface area contributed by atoms with Gasteiger partial charge in [-0.3, -0.25) is 5.43 Å². The molecule has 1 aliphatic heterocycles. The maximum Gasteiger partial charge on any atom is 0.208 e. The number of hydrazine groups is 1. The fourth-order valence-electron chi connectivity index (χ4n) is 2.27. The number of ether oxygens (including phenoxy) is 1. The van der Waals surface area contributed by atoms with Gasteiger partial charge in [0.15, 0.2) is 0 Å². The maximum absolute atomic E-state index is 5.60. The molecule has 0 saturated carbocycles. The van der Waals surface area contributed by atoms with E-state index in [2.05, 4.69) is 22.2 Å². The van der Waals surface area contributed by atoms with Crippen LogP contribution >= 0.6 is 0 Å². The van der Waals surface area contributed by atoms with Gasteiger partial charge in [-0.05, 0) is 26.7 Å². The Morgan fingerprint density at radius 2 is 2.29 bits per heavy atom. The molecule has 0 spiro atoms. The number of hydrogen-bond acceptors (Lipinski definition) is 3. The van der Waals surface area contributed by atoms with Crippen molar-refractivity contribution in [1.29, 1.82) is 0 Å². The second-order valence-corrected chi connectivity index (χ2v) is 4.79. The maximum atomic E-state index is 5.60. The molecule has 5 heteroatoms. The summed E-state index contributed by atoms with van der Waals surface area (Å²) < 4.78 is 5.09. The molecule has 0 amide bonds. The molecular formula is C12H26N4O. The number of likely N-dealkylation sites (tertiary alicyclic amines) is 1. The molecule has 2 atom stereocenters. The van der Waals surface area contributed by atoms with Crippen molar-refractivity contribution in [2.45, 2.75) is 51.6 Å². The third-order valence-corrected chi connectivity index (χ3v) is 3.20. The van der Waals surface area contributed by atoms with E-state index in [-0.39, 0.29) is 6.04 Å². The number of nitrogens with two attached hydrogens (primary N) is 1. The number of methoxy groups -OCH3 is 1. The number of nitrogens with one attached hydrogen (secondary N) is 1. The van der Waals surface area contributed by atoms with E-state index < -0.39 is 0 Å². The largest absolute Gasteiger partial charge is 0.382 e. The van der Waals surface area contributed by atoms with Crippen LogP contribution in [0.25, 0.3) is 0 Å². The molecule has 0 aliphatic carbocycles. The van der Waals surface area contributed by atoms with Crippen molar-refractivity contribution in [2.24, 2.45) is 10.8 Å². The zero-order valence-electron chi connectivity index (χ0n) is 11.3. The molecule has 17 heavy (non-hydrogen) atoms. The smallest absolute Gasteiger partial charge is 0.208 e. The lowest BCUT2D eigenvalue weighted by Gasteiger charge is -2.30. The van der Waals surface area contributed by atoms with Gasteiger partial charge in [-0.2, -0.15) is 0 Å². The lowest BCUT2D eigenvalue weighted by atomic mass is 10.1. The zero-order chi connectivity index (χ0) is 12.7. The van der Waals surface area contributed by atoms with E-state index in [9.17, 15) is 0 Å². The number of aliphatic imine (C=N–C) groups is 1. The monoisotopic (exact) mass is 242 g/mol. The zero-order valence-corrected chi connectivity index (χ0v) is 11.3. The predicted octanol–water partition coefficient (Wildman–Crippen LogP) is 1.11. The normalized spacial score (nSPS) is 24.4. The van der Waals surface area contributed by atoms with Crippen LogP contribution in [0.1, 0.15) is 39.5 Å². The van der Waals surface area contributed by atoms with Crippen molar-refractivity contribution >= 4 is 5.96 Å². The summed E-state index contributed by atoms with van der Waals surface area (Å²) in [4.78, 5) is 6.86. The van der Waals surface area contributed by atoms with Crippen molar-refractivity contribution in [3.8, 4) is 0 Å². The van der Waals surface area contributed by atoms with E-state index in [1.54, 1.807) is 7.11 Å². The summed E-state index contributed by atoms with van der Waals surface area (Å²) in [6.07, 6.45) is 5.01. The highest BCUT2D eigenvalue weighted by Crippen LogP contribution is 2.16. The Labute approximate surface area is 104 Å². The van der Waals surface area contributed by atoms with Crippen LogP contribution in [-0.2, 0) is 4.74 Å². The van der Waals surface area contributed by atoms with Crippen LogP contribution in [0.4, 0.5) is 0 Å². The Kier molecular flexibility index (Phi) is 6.29. The second kappa shape index (κ2) is 7.50. The number of guanidine groups is 1. The van der Waals surface area contributed by atoms with Gasteiger partial charge in [0, 0.05) is 19.7 Å². The SMILES string of the molecule is COCC(C)N=C(NN)N1CCCCCC1C. The Bertz CT molecular complexity index is 245. The molecule has 1 rings (SSSR count). The van der Waals surface area contributed by atoms with Gasteiger partial charge < -0.3 is 9.64 Å². The van der Waals surface area contributed by atoms with E-state index in [1.807, 2.05) is 6.92 Å². The molecule has 0 aromatic rings. The predicted molar refractivity (Wildman–Crippen MR) is 70.7 cm³/mol. The second-order valence-electron chi connectivity index (χ2n) is 4.79. The van der Waals surface area contributed by atoms with Gasteiger partial charge in [0.05, 0.1) is 12.6 Å². The van der Waals surface area contributed by atoms with Crippen LogP contribution in [-0.4, -0.2) is 43.2 Å². The van der Waals surface area contributed by atoms with Gasteiger partial charge in [-0.1, -0.05) is 12.8 Å². The Balaban J connectivity index is 2.69. The van der Waals surface area contributed by atoms with Gasteiger partial charge in [0.1, 0.15) is 0 Å². The number of nitrogens with zero attached hydrogens (tertiary/aromatic N) is 2. The first-order valence-electron chi connectivity index (χ1n) is 6.49. The minimum absolute atomic E-state index is 0.126. The van der Waals surface area contributed by atoms with Gasteiger partial charge in [0.2, 0.25) is 5.96 Å². The van der Waals surface area contributed by atoms with Crippen LogP contribution in [0.3, 0.4) is 0 Å². The summed E-state index contributed by atoms with van der Waals surface area (Å²) in [6, 6.07) is 0.628. The van der Waals surface area contributed by atoms with Crippen molar-refractivity contribution < 1.29 is 4.74 Å². The van der Waals surface area contributed by atoms with E-state index in [0.29, 0.717) is 12.6 Å². The molecule has 5 nitrogen and oxygen atoms in total. The molecule has 0 aromatic heterocycles. The molecule has 1 saturated heterocycles. The fourth-order valence-corrected chi connectivity index (χ4v) is 2.27. The quantitative estimate of drug-likeness (QED) is 0.337. The van der Waals surface area contributed by atoms with Crippen molar-refractivity contribution in [2.75, 3.05) is 20.3 Å². The molecule has 0 aromatic carbocycles. The van der Waals surface area contributed by atoms with Gasteiger partial charge in [-0.25, -0.2) is 10.8 Å². The summed E-state index contributed by atoms with van der Waals surface area (Å²) >= 11 is 0. The Morgan fingerprint density at radius 3 is 2.94 bits per heavy atom. The lowest BCUT2D eigenvalue weighted by Crippen LogP contribution is -2.49. The minimum atomic E-state index is 0.126. The van der Waals surface area contributed by atoms with Crippen LogP contribution in [0.2, 0.25) is 0 Å². The lowest BCUT2D eigenvalue weighted by molar-refractivity contribution is 0.184. The highest BCUT2D eigenvalue weighted by atomic mass is 16.5. The van der Waals surface area contributed by atoms with Crippen molar-refractivity contribution in [3.63, 3.8) is 0 Å². The average Bonchev–Trinajstić information content (AvgIpc) is 2.51. The van der Waals surface area contributed by atoms with Crippen molar-refractivity contribution in [3.05, 3.63) is 0 Å². The molecule has 1 fully saturated rings. The first-order chi connectivity index (χ1) is 8.19. The van der Waals surface area contributed by atoms with Gasteiger partial charge in [0.25, 0.3) is 0 Å². The summed E-state index contributed by atoms with van der Waals surface area (Å²) in [5, 5.41) is 0. The van der Waals surface area contributed by atoms with E-state index in [1.165, 1.54) is 25.7 Å². The van der Waals surface area contributed by atoms with Crippen molar-refractivity contribution in [1.82, 2.24) is 10.3 Å². The molecule has 2 unspecified atom stereocenters. The summed E-state index contributed by atoms with van der Waals surface area (Å²) in [7, 11) is 1.69. The molecular weight excluding hydrogens is 216 g/mol. The number of rotatable bonds is 3. The van der Waals surface area contributed by atoms with Crippen LogP contribution in [0.5, 0.6) is 0 Å². The first-order valence-corrected chi connectivity index (χ1v) is 6.49. The van der Waals surface area contributed by atoms with Gasteiger partial charge >= 0.3 is 0 Å². The van der Waals surface area contributed by atoms with Gasteiger partial charge in [-0.15, -0.1) is 0 Å². The van der Waals surface area contributed by atoms with Crippen LogP contribution in [0.15, 0.2) is 4.99 Å². The van der Waals surface area contributed by atoms with E-state index in [0.717, 1.165) is 12.5 Å². The highest BCUT2D eigenvalue weighted by molar-refractivity contribution is 5.79. The van der Waals surface area contributed by atoms with Crippen LogP contribution < -0.4 is 11.3 Å². The summed E-state index contributed by atoms with van der Waals surface area (Å²) in [6.45, 7) is 5.92. The Hall–Kier alpha value is -0.810. The van der Waals surface area contributed by atoms with Crippen LogP contribution in [0, 0.1) is 0 Å². The highest BCUT2D eigenvalue weighted by Gasteiger charge is 2.20. The first kappa shape index (κ1) is 14.3. The number of hydrogen-bond donors (Lipinski definition) is 2. The van der Waals surface area contributed by atoms with E-state index in [4.69, 9.17) is 10.6 Å². The molecule has 3 N–H and O–H groups in total. The molecule has 1 aliphatic rings. The molecule has 1 heterocycles. The average molecular weight is 242 g/mol. The summed E-state index contributed by atoms with van der Waals surface area (Å²) in [5.41, 5.74) is 2.74. The summed E-state index contributed by atoms with van der Waals surface area (Å²) in [5.74, 6) is 6.39. The molecule has 100 valence electrons. The standard InChI is InChI=1S/C12H26N4O/c1-10(9-17-3)14-12(15-13)16-8-6-4-5-7-11(16)2/h10-11H,4-9,13H2,1-3H3,(H,14,15). The molecule has 0 bridgehead atoms. The van der Waals surface area contributed by atoms with E-state index >= 15 is 0 Å². The fraction of sp³-hybridized carbons (Fsp3) is 0.917. The Morgan fingerprint density at radius 1 is 1.53 bits per heavy atom. The third-order valence-electron chi connectivity index (χ3n) is 3.20. The third kappa shape index (κ3) is 4.52. The minimum Gasteiger partial charge on any atom is -0.382 e.